The van der Waals surface area contributed by atoms with Crippen LogP contribution in [0.2, 0.25) is 0 Å². The van der Waals surface area contributed by atoms with Gasteiger partial charge in [-0.05, 0) is 19.1 Å². The third kappa shape index (κ3) is 3.61. The largest absolute Gasteiger partial charge is 0.463 e. The van der Waals surface area contributed by atoms with E-state index >= 15 is 0 Å². The maximum Gasteiger partial charge on any atom is 0.330 e. The number of β-lactam (4-membered cyclic amide) rings is 1. The average molecular weight is 277 g/mol. The van der Waals surface area contributed by atoms with E-state index in [2.05, 4.69) is 5.32 Å². The van der Waals surface area contributed by atoms with Gasteiger partial charge < -0.3 is 10.1 Å². The second kappa shape index (κ2) is 6.43. The number of carbonyl (C=O) groups is 2. The molecule has 2 unspecified atom stereocenters. The molecule has 1 aliphatic heterocycles. The van der Waals surface area contributed by atoms with Crippen LogP contribution in [0, 0.1) is 0 Å². The molecular weight excluding hydrogens is 262 g/mol. The second-order valence-corrected chi connectivity index (χ2v) is 5.21. The lowest BCUT2D eigenvalue weighted by molar-refractivity contribution is -0.137. The van der Waals surface area contributed by atoms with Gasteiger partial charge >= 0.3 is 5.97 Å². The minimum absolute atomic E-state index is 0.00707. The SMILES string of the molecule is CCOC(=O)/C=C/C1NC(=O)C1Sc1ccccc1. The van der Waals surface area contributed by atoms with E-state index in [1.165, 1.54) is 17.8 Å². The molecule has 1 aromatic rings. The predicted molar refractivity (Wildman–Crippen MR) is 73.8 cm³/mol. The second-order valence-electron chi connectivity index (χ2n) is 4.00. The van der Waals surface area contributed by atoms with Gasteiger partial charge in [0.25, 0.3) is 0 Å². The average Bonchev–Trinajstić information content (AvgIpc) is 2.42. The molecule has 2 rings (SSSR count). The Labute approximate surface area is 116 Å². The first-order valence-corrected chi connectivity index (χ1v) is 6.95. The van der Waals surface area contributed by atoms with Crippen molar-refractivity contribution in [2.75, 3.05) is 6.61 Å². The normalized spacial score (nSPS) is 21.8. The first-order chi connectivity index (χ1) is 9.20. The summed E-state index contributed by atoms with van der Waals surface area (Å²) in [6, 6.07) is 9.60. The van der Waals surface area contributed by atoms with Gasteiger partial charge in [-0.25, -0.2) is 4.79 Å². The van der Waals surface area contributed by atoms with E-state index in [1.807, 2.05) is 30.3 Å². The number of nitrogens with one attached hydrogen (secondary N) is 1. The summed E-state index contributed by atoms with van der Waals surface area (Å²) in [5.74, 6) is -0.389. The first kappa shape index (κ1) is 13.7. The van der Waals surface area contributed by atoms with Crippen molar-refractivity contribution in [2.24, 2.45) is 0 Å². The Kier molecular flexibility index (Phi) is 4.63. The zero-order valence-corrected chi connectivity index (χ0v) is 11.4. The minimum Gasteiger partial charge on any atom is -0.463 e. The van der Waals surface area contributed by atoms with Gasteiger partial charge in [0.15, 0.2) is 0 Å². The zero-order chi connectivity index (χ0) is 13.7. The van der Waals surface area contributed by atoms with Crippen LogP contribution in [0.5, 0.6) is 0 Å². The summed E-state index contributed by atoms with van der Waals surface area (Å²) < 4.78 is 4.80. The molecule has 4 nitrogen and oxygen atoms in total. The fourth-order valence-electron chi connectivity index (χ4n) is 1.68. The van der Waals surface area contributed by atoms with Crippen LogP contribution in [-0.4, -0.2) is 29.8 Å². The highest BCUT2D eigenvalue weighted by molar-refractivity contribution is 8.00. The summed E-state index contributed by atoms with van der Waals surface area (Å²) in [5, 5.41) is 2.57. The Hall–Kier alpha value is -1.75. The Bertz CT molecular complexity index is 487. The highest BCUT2D eigenvalue weighted by Crippen LogP contribution is 2.30. The Balaban J connectivity index is 1.93. The first-order valence-electron chi connectivity index (χ1n) is 6.07. The van der Waals surface area contributed by atoms with Gasteiger partial charge in [-0.3, -0.25) is 4.79 Å². The number of amides is 1. The van der Waals surface area contributed by atoms with Crippen LogP contribution in [0.25, 0.3) is 0 Å². The summed E-state index contributed by atoms with van der Waals surface area (Å²) >= 11 is 1.50. The quantitative estimate of drug-likeness (QED) is 0.506. The Morgan fingerprint density at radius 3 is 2.79 bits per heavy atom. The molecule has 0 bridgehead atoms. The van der Waals surface area contributed by atoms with Crippen LogP contribution >= 0.6 is 11.8 Å². The number of ether oxygens (including phenoxy) is 1. The van der Waals surface area contributed by atoms with Crippen molar-refractivity contribution >= 4 is 23.6 Å². The van der Waals surface area contributed by atoms with E-state index < -0.39 is 0 Å². The molecule has 1 saturated heterocycles. The van der Waals surface area contributed by atoms with Crippen molar-refractivity contribution in [1.82, 2.24) is 5.32 Å². The molecule has 19 heavy (non-hydrogen) atoms. The van der Waals surface area contributed by atoms with E-state index in [4.69, 9.17) is 4.74 Å². The molecule has 1 aliphatic rings. The Morgan fingerprint density at radius 1 is 1.42 bits per heavy atom. The number of benzene rings is 1. The standard InChI is InChI=1S/C14H15NO3S/c1-2-18-12(16)9-8-11-13(14(17)15-11)19-10-6-4-3-5-7-10/h3-9,11,13H,2H2,1H3,(H,15,17)/b9-8+. The van der Waals surface area contributed by atoms with Crippen LogP contribution in [0.1, 0.15) is 6.92 Å². The van der Waals surface area contributed by atoms with Crippen LogP contribution < -0.4 is 5.32 Å². The maximum absolute atomic E-state index is 11.5. The van der Waals surface area contributed by atoms with Crippen molar-refractivity contribution < 1.29 is 14.3 Å². The number of thioether (sulfide) groups is 1. The van der Waals surface area contributed by atoms with Crippen molar-refractivity contribution in [1.29, 1.82) is 0 Å². The predicted octanol–water partition coefficient (Wildman–Crippen LogP) is 1.76. The lowest BCUT2D eigenvalue weighted by atomic mass is 10.1. The third-order valence-electron chi connectivity index (χ3n) is 2.63. The fraction of sp³-hybridized carbons (Fsp3) is 0.286. The van der Waals surface area contributed by atoms with Gasteiger partial charge in [-0.2, -0.15) is 0 Å². The number of rotatable bonds is 5. The lowest BCUT2D eigenvalue weighted by Gasteiger charge is -2.34. The maximum atomic E-state index is 11.5. The van der Waals surface area contributed by atoms with Gasteiger partial charge in [-0.15, -0.1) is 11.8 Å². The molecule has 5 heteroatoms. The van der Waals surface area contributed by atoms with E-state index in [0.717, 1.165) is 4.90 Å². The summed E-state index contributed by atoms with van der Waals surface area (Å²) in [6.45, 7) is 2.10. The van der Waals surface area contributed by atoms with Crippen molar-refractivity contribution in [3.63, 3.8) is 0 Å². The highest BCUT2D eigenvalue weighted by Gasteiger charge is 2.38. The van der Waals surface area contributed by atoms with Crippen LogP contribution in [-0.2, 0) is 14.3 Å². The Morgan fingerprint density at radius 2 is 2.16 bits per heavy atom. The number of hydrogen-bond donors (Lipinski definition) is 1. The molecular formula is C14H15NO3S. The molecule has 1 aromatic carbocycles. The van der Waals surface area contributed by atoms with Crippen LogP contribution in [0.15, 0.2) is 47.4 Å². The van der Waals surface area contributed by atoms with Gasteiger partial charge in [0.05, 0.1) is 12.6 Å². The summed E-state index contributed by atoms with van der Waals surface area (Å²) in [6.07, 6.45) is 3.05. The summed E-state index contributed by atoms with van der Waals surface area (Å²) in [5.41, 5.74) is 0. The molecule has 0 saturated carbocycles. The number of hydrogen-bond acceptors (Lipinski definition) is 4. The summed E-state index contributed by atoms with van der Waals surface area (Å²) in [4.78, 5) is 23.8. The molecule has 1 fully saturated rings. The van der Waals surface area contributed by atoms with Crippen LogP contribution in [0.3, 0.4) is 0 Å². The summed E-state index contributed by atoms with van der Waals surface area (Å²) in [7, 11) is 0. The van der Waals surface area contributed by atoms with Gasteiger partial charge in [0.1, 0.15) is 5.25 Å². The molecule has 0 radical (unpaired) electrons. The number of esters is 1. The van der Waals surface area contributed by atoms with Crippen molar-refractivity contribution in [3.05, 3.63) is 42.5 Å². The molecule has 1 N–H and O–H groups in total. The molecule has 1 amide bonds. The van der Waals surface area contributed by atoms with Crippen molar-refractivity contribution in [2.45, 2.75) is 23.1 Å². The zero-order valence-electron chi connectivity index (χ0n) is 10.5. The van der Waals surface area contributed by atoms with Gasteiger partial charge in [0.2, 0.25) is 5.91 Å². The fourth-order valence-corrected chi connectivity index (χ4v) is 2.77. The highest BCUT2D eigenvalue weighted by atomic mass is 32.2. The monoisotopic (exact) mass is 277 g/mol. The molecule has 0 aromatic heterocycles. The molecule has 2 atom stereocenters. The smallest absolute Gasteiger partial charge is 0.330 e. The van der Waals surface area contributed by atoms with E-state index in [9.17, 15) is 9.59 Å². The van der Waals surface area contributed by atoms with E-state index in [0.29, 0.717) is 6.61 Å². The van der Waals surface area contributed by atoms with Crippen molar-refractivity contribution in [3.8, 4) is 0 Å². The van der Waals surface area contributed by atoms with E-state index in [-0.39, 0.29) is 23.2 Å². The lowest BCUT2D eigenvalue weighted by Crippen LogP contribution is -2.59. The van der Waals surface area contributed by atoms with Crippen LogP contribution in [0.4, 0.5) is 0 Å². The van der Waals surface area contributed by atoms with Gasteiger partial charge in [-0.1, -0.05) is 24.3 Å². The molecule has 0 spiro atoms. The molecule has 1 heterocycles. The topological polar surface area (TPSA) is 55.4 Å². The number of carbonyl (C=O) groups excluding carboxylic acids is 2. The molecule has 0 aliphatic carbocycles. The van der Waals surface area contributed by atoms with Gasteiger partial charge in [0, 0.05) is 11.0 Å². The third-order valence-corrected chi connectivity index (χ3v) is 3.93. The molecule has 100 valence electrons. The van der Waals surface area contributed by atoms with E-state index in [1.54, 1.807) is 13.0 Å². The minimum atomic E-state index is -0.382.